The number of alkyl halides is 1. The van der Waals surface area contributed by atoms with E-state index in [4.69, 9.17) is 11.6 Å². The maximum absolute atomic E-state index is 13.6. The third kappa shape index (κ3) is 2.10. The molecule has 4 aliphatic carbocycles. The van der Waals surface area contributed by atoms with Gasteiger partial charge in [-0.2, -0.15) is 0 Å². The van der Waals surface area contributed by atoms with E-state index in [-0.39, 0.29) is 10.3 Å². The zero-order valence-corrected chi connectivity index (χ0v) is 14.3. The monoisotopic (exact) mass is 329 g/mol. The lowest BCUT2D eigenvalue weighted by atomic mass is 9.49. The zero-order chi connectivity index (χ0) is 15.7. The smallest absolute Gasteiger partial charge is 0.233 e. The van der Waals surface area contributed by atoms with Crippen molar-refractivity contribution >= 4 is 23.2 Å². The summed E-state index contributed by atoms with van der Waals surface area (Å²) in [6.45, 7) is 0.877. The van der Waals surface area contributed by atoms with Gasteiger partial charge in [0, 0.05) is 17.1 Å². The molecule has 0 radical (unpaired) electrons. The van der Waals surface area contributed by atoms with Gasteiger partial charge in [-0.25, -0.2) is 0 Å². The van der Waals surface area contributed by atoms with Crippen molar-refractivity contribution < 1.29 is 4.79 Å². The van der Waals surface area contributed by atoms with Crippen molar-refractivity contribution in [3.8, 4) is 0 Å². The predicted octanol–water partition coefficient (Wildman–Crippen LogP) is 4.54. The van der Waals surface area contributed by atoms with Gasteiger partial charge in [0.1, 0.15) is 0 Å². The van der Waals surface area contributed by atoms with E-state index in [0.29, 0.717) is 17.7 Å². The lowest BCUT2D eigenvalue weighted by molar-refractivity contribution is -0.141. The molecule has 1 aromatic rings. The number of benzene rings is 1. The summed E-state index contributed by atoms with van der Waals surface area (Å²) in [5.41, 5.74) is 2.32. The van der Waals surface area contributed by atoms with Crippen LogP contribution in [0.3, 0.4) is 0 Å². The number of rotatable bonds is 1. The van der Waals surface area contributed by atoms with Crippen molar-refractivity contribution in [3.05, 3.63) is 29.8 Å². The average Bonchev–Trinajstić information content (AvgIpc) is 2.51. The fourth-order valence-electron chi connectivity index (χ4n) is 6.43. The van der Waals surface area contributed by atoms with Crippen molar-refractivity contribution in [1.82, 2.24) is 0 Å². The van der Waals surface area contributed by atoms with Gasteiger partial charge in [-0.1, -0.05) is 18.2 Å². The van der Waals surface area contributed by atoms with Gasteiger partial charge in [-0.15, -0.1) is 11.6 Å². The first kappa shape index (κ1) is 14.3. The van der Waals surface area contributed by atoms with Crippen LogP contribution < -0.4 is 4.90 Å². The van der Waals surface area contributed by atoms with Crippen LogP contribution in [0.5, 0.6) is 0 Å². The molecule has 1 heterocycles. The maximum atomic E-state index is 13.6. The highest BCUT2D eigenvalue weighted by atomic mass is 35.5. The molecule has 2 nitrogen and oxygen atoms in total. The number of carbonyl (C=O) groups excluding carboxylic acids is 1. The Labute approximate surface area is 143 Å². The number of hydrogen-bond donors (Lipinski definition) is 0. The second-order valence-electron chi connectivity index (χ2n) is 8.58. The molecule has 0 spiro atoms. The van der Waals surface area contributed by atoms with Crippen molar-refractivity contribution in [1.29, 1.82) is 0 Å². The first-order valence-electron chi connectivity index (χ1n) is 9.16. The number of nitrogens with zero attached hydrogens (tertiary/aromatic N) is 1. The Morgan fingerprint density at radius 1 is 1.13 bits per heavy atom. The SMILES string of the molecule is O=C(N1CCCc2ccccc21)C12C[C@H]3C[C@@H](CC(Cl)(C3)C1)C2. The van der Waals surface area contributed by atoms with Gasteiger partial charge in [0.2, 0.25) is 5.91 Å². The van der Waals surface area contributed by atoms with Gasteiger partial charge in [-0.05, 0) is 74.8 Å². The molecule has 4 bridgehead atoms. The van der Waals surface area contributed by atoms with E-state index in [1.165, 1.54) is 12.0 Å². The number of hydrogen-bond acceptors (Lipinski definition) is 1. The number of aryl methyl sites for hydroxylation is 1. The van der Waals surface area contributed by atoms with Crippen LogP contribution >= 0.6 is 11.6 Å². The van der Waals surface area contributed by atoms with Crippen molar-refractivity contribution in [3.63, 3.8) is 0 Å². The molecule has 1 aromatic carbocycles. The quantitative estimate of drug-likeness (QED) is 0.692. The van der Waals surface area contributed by atoms with Crippen molar-refractivity contribution in [2.24, 2.45) is 17.3 Å². The van der Waals surface area contributed by atoms with E-state index >= 15 is 0 Å². The van der Waals surface area contributed by atoms with Gasteiger partial charge >= 0.3 is 0 Å². The molecule has 1 aliphatic heterocycles. The van der Waals surface area contributed by atoms with Gasteiger partial charge in [0.05, 0.1) is 5.41 Å². The Morgan fingerprint density at radius 3 is 2.61 bits per heavy atom. The summed E-state index contributed by atoms with van der Waals surface area (Å²) in [4.78, 5) is 15.6. The molecule has 6 rings (SSSR count). The minimum atomic E-state index is -0.170. The van der Waals surface area contributed by atoms with E-state index in [1.54, 1.807) is 0 Å². The van der Waals surface area contributed by atoms with Crippen LogP contribution in [0, 0.1) is 17.3 Å². The summed E-state index contributed by atoms with van der Waals surface area (Å²) >= 11 is 6.93. The van der Waals surface area contributed by atoms with Crippen molar-refractivity contribution in [2.75, 3.05) is 11.4 Å². The Balaban J connectivity index is 1.52. The summed E-state index contributed by atoms with van der Waals surface area (Å²) in [7, 11) is 0. The summed E-state index contributed by atoms with van der Waals surface area (Å²) in [6.07, 6.45) is 8.82. The Hall–Kier alpha value is -1.02. The molecule has 3 heteroatoms. The lowest BCUT2D eigenvalue weighted by Gasteiger charge is -2.60. The highest BCUT2D eigenvalue weighted by Crippen LogP contribution is 2.64. The molecular weight excluding hydrogens is 306 g/mol. The lowest BCUT2D eigenvalue weighted by Crippen LogP contribution is -2.59. The summed E-state index contributed by atoms with van der Waals surface area (Å²) in [6, 6.07) is 8.46. The molecule has 4 saturated carbocycles. The molecule has 5 aliphatic rings. The van der Waals surface area contributed by atoms with E-state index in [2.05, 4.69) is 29.2 Å². The second kappa shape index (κ2) is 4.75. The molecular formula is C20H24ClNO. The molecule has 0 aromatic heterocycles. The highest BCUT2D eigenvalue weighted by Gasteiger charge is 2.61. The molecule has 0 saturated heterocycles. The first-order valence-corrected chi connectivity index (χ1v) is 9.54. The molecule has 0 N–H and O–H groups in total. The second-order valence-corrected chi connectivity index (χ2v) is 9.38. The summed E-state index contributed by atoms with van der Waals surface area (Å²) in [5, 5.41) is 0. The Bertz CT molecular complexity index is 655. The first-order chi connectivity index (χ1) is 11.1. The van der Waals surface area contributed by atoms with Crippen LogP contribution in [0.4, 0.5) is 5.69 Å². The molecule has 122 valence electrons. The van der Waals surface area contributed by atoms with E-state index in [0.717, 1.165) is 57.2 Å². The number of para-hydroxylation sites is 1. The standard InChI is InChI=1S/C20H24ClNO/c21-20-11-14-8-15(12-20)10-19(9-14,13-20)18(23)22-7-3-5-16-4-1-2-6-17(16)22/h1-2,4,6,14-15H,3,5,7-13H2/t14-,15-,19?,20?/m1/s1. The highest BCUT2D eigenvalue weighted by molar-refractivity contribution is 6.24. The third-order valence-electron chi connectivity index (χ3n) is 6.80. The van der Waals surface area contributed by atoms with E-state index in [1.807, 2.05) is 0 Å². The van der Waals surface area contributed by atoms with E-state index in [9.17, 15) is 4.79 Å². The number of anilines is 1. The molecule has 0 unspecified atom stereocenters. The normalized spacial score (nSPS) is 41.0. The van der Waals surface area contributed by atoms with Crippen LogP contribution in [-0.2, 0) is 11.2 Å². The minimum absolute atomic E-state index is 0.0882. The molecule has 1 amide bonds. The van der Waals surface area contributed by atoms with Gasteiger partial charge in [0.25, 0.3) is 0 Å². The number of carbonyl (C=O) groups is 1. The summed E-state index contributed by atoms with van der Waals surface area (Å²) in [5.74, 6) is 1.74. The topological polar surface area (TPSA) is 20.3 Å². The van der Waals surface area contributed by atoms with Crippen molar-refractivity contribution in [2.45, 2.75) is 56.2 Å². The van der Waals surface area contributed by atoms with Crippen LogP contribution in [0.1, 0.15) is 50.5 Å². The Kier molecular flexibility index (Phi) is 2.96. The van der Waals surface area contributed by atoms with E-state index < -0.39 is 0 Å². The molecule has 23 heavy (non-hydrogen) atoms. The average molecular weight is 330 g/mol. The molecule has 4 fully saturated rings. The van der Waals surface area contributed by atoms with Gasteiger partial charge in [0.15, 0.2) is 0 Å². The number of amides is 1. The Morgan fingerprint density at radius 2 is 1.87 bits per heavy atom. The number of fused-ring (bicyclic) bond motifs is 1. The summed E-state index contributed by atoms with van der Waals surface area (Å²) < 4.78 is 0. The molecule has 2 atom stereocenters. The number of halogens is 1. The fourth-order valence-corrected chi connectivity index (χ4v) is 7.12. The van der Waals surface area contributed by atoms with Gasteiger partial charge in [-0.3, -0.25) is 4.79 Å². The zero-order valence-electron chi connectivity index (χ0n) is 13.6. The largest absolute Gasteiger partial charge is 0.312 e. The van der Waals surface area contributed by atoms with Crippen LogP contribution in [-0.4, -0.2) is 17.3 Å². The third-order valence-corrected chi connectivity index (χ3v) is 7.24. The predicted molar refractivity (Wildman–Crippen MR) is 92.8 cm³/mol. The maximum Gasteiger partial charge on any atom is 0.233 e. The van der Waals surface area contributed by atoms with Gasteiger partial charge < -0.3 is 4.90 Å². The fraction of sp³-hybridized carbons (Fsp3) is 0.650. The van der Waals surface area contributed by atoms with Crippen LogP contribution in [0.25, 0.3) is 0 Å². The van der Waals surface area contributed by atoms with Crippen LogP contribution in [0.2, 0.25) is 0 Å². The minimum Gasteiger partial charge on any atom is -0.312 e. The van der Waals surface area contributed by atoms with Crippen LogP contribution in [0.15, 0.2) is 24.3 Å².